The van der Waals surface area contributed by atoms with Crippen LogP contribution in [0.4, 0.5) is 0 Å². The zero-order valence-electron chi connectivity index (χ0n) is 18.5. The molecule has 0 bridgehead atoms. The van der Waals surface area contributed by atoms with Crippen molar-refractivity contribution in [2.45, 2.75) is 51.6 Å². The van der Waals surface area contributed by atoms with E-state index in [-0.39, 0.29) is 17.9 Å². The second kappa shape index (κ2) is 9.33. The molecule has 0 saturated carbocycles. The summed E-state index contributed by atoms with van der Waals surface area (Å²) in [6, 6.07) is 18.2. The van der Waals surface area contributed by atoms with Crippen LogP contribution in [0.5, 0.6) is 5.75 Å². The van der Waals surface area contributed by atoms with Crippen molar-refractivity contribution in [1.82, 2.24) is 5.32 Å². The quantitative estimate of drug-likeness (QED) is 0.696. The Morgan fingerprint density at radius 1 is 1.13 bits per heavy atom. The van der Waals surface area contributed by atoms with Gasteiger partial charge < -0.3 is 14.8 Å². The lowest BCUT2D eigenvalue weighted by Gasteiger charge is -2.27. The predicted molar refractivity (Wildman–Crippen MR) is 120 cm³/mol. The Balaban J connectivity index is 1.77. The van der Waals surface area contributed by atoms with Crippen molar-refractivity contribution in [3.8, 4) is 5.75 Å². The highest BCUT2D eigenvalue weighted by molar-refractivity contribution is 5.92. The zero-order valence-corrected chi connectivity index (χ0v) is 18.5. The van der Waals surface area contributed by atoms with E-state index in [9.17, 15) is 4.79 Å². The van der Waals surface area contributed by atoms with Crippen LogP contribution >= 0.6 is 0 Å². The van der Waals surface area contributed by atoms with E-state index in [0.29, 0.717) is 24.8 Å². The van der Waals surface area contributed by atoms with E-state index in [4.69, 9.17) is 14.5 Å². The first-order valence-corrected chi connectivity index (χ1v) is 10.5. The molecule has 3 rings (SSSR count). The maximum atomic E-state index is 13.1. The summed E-state index contributed by atoms with van der Waals surface area (Å²) in [5.74, 6) is 1.72. The van der Waals surface area contributed by atoms with Gasteiger partial charge in [-0.1, -0.05) is 56.3 Å². The molecule has 1 heterocycles. The number of nitrogens with one attached hydrogen (secondary N) is 1. The highest BCUT2D eigenvalue weighted by atomic mass is 16.5. The van der Waals surface area contributed by atoms with Crippen molar-refractivity contribution in [2.24, 2.45) is 10.9 Å². The Morgan fingerprint density at radius 2 is 1.77 bits per heavy atom. The average Bonchev–Trinajstić information content (AvgIpc) is 3.24. The molecule has 1 aliphatic rings. The normalized spacial score (nSPS) is 17.3. The summed E-state index contributed by atoms with van der Waals surface area (Å²) in [5, 5.41) is 3.13. The maximum Gasteiger partial charge on any atom is 0.221 e. The summed E-state index contributed by atoms with van der Waals surface area (Å²) >= 11 is 0. The Hall–Kier alpha value is -2.82. The van der Waals surface area contributed by atoms with Crippen molar-refractivity contribution >= 4 is 11.8 Å². The van der Waals surface area contributed by atoms with Crippen LogP contribution in [0.15, 0.2) is 59.6 Å². The van der Waals surface area contributed by atoms with Crippen LogP contribution in [0.25, 0.3) is 0 Å². The number of benzene rings is 2. The van der Waals surface area contributed by atoms with Crippen LogP contribution < -0.4 is 10.1 Å². The molecule has 2 aromatic rings. The number of rotatable bonds is 8. The van der Waals surface area contributed by atoms with Gasteiger partial charge in [0.05, 0.1) is 13.2 Å². The molecule has 0 saturated heterocycles. The summed E-state index contributed by atoms with van der Waals surface area (Å²) in [7, 11) is 1.65. The summed E-state index contributed by atoms with van der Waals surface area (Å²) in [5.41, 5.74) is 1.52. The van der Waals surface area contributed by atoms with Crippen LogP contribution in [-0.2, 0) is 9.53 Å². The average molecular weight is 409 g/mol. The van der Waals surface area contributed by atoms with E-state index < -0.39 is 5.54 Å². The Bertz CT molecular complexity index is 873. The van der Waals surface area contributed by atoms with E-state index >= 15 is 0 Å². The molecular formula is C25H32N2O3. The number of aliphatic imine (C=N–C) groups is 1. The highest BCUT2D eigenvalue weighted by Crippen LogP contribution is 2.30. The molecule has 5 heteroatoms. The first kappa shape index (κ1) is 21.9. The SMILES string of the molecule is COc1ccc([C@@H](CC(=O)NC(C)(C)C2=N[C@@H](C(C)C)CO2)c2ccccc2)cc1. The molecule has 0 unspecified atom stereocenters. The third-order valence-corrected chi connectivity index (χ3v) is 5.54. The number of carbonyl (C=O) groups excluding carboxylic acids is 1. The maximum absolute atomic E-state index is 13.1. The van der Waals surface area contributed by atoms with Gasteiger partial charge in [-0.3, -0.25) is 4.79 Å². The molecule has 2 atom stereocenters. The predicted octanol–water partition coefficient (Wildman–Crippen LogP) is 4.57. The monoisotopic (exact) mass is 408 g/mol. The molecule has 1 amide bonds. The standard InChI is InChI=1S/C25H32N2O3/c1-17(2)22-16-30-24(26-22)25(3,4)27-23(28)15-21(18-9-7-6-8-10-18)19-11-13-20(29-5)14-12-19/h6-14,17,21-22H,15-16H2,1-5H3,(H,27,28)/t21-,22+/m0/s1. The number of ether oxygens (including phenoxy) is 2. The fourth-order valence-electron chi connectivity index (χ4n) is 3.66. The Morgan fingerprint density at radius 3 is 2.33 bits per heavy atom. The molecule has 0 aromatic heterocycles. The minimum Gasteiger partial charge on any atom is -0.497 e. The second-order valence-electron chi connectivity index (χ2n) is 8.67. The van der Waals surface area contributed by atoms with Gasteiger partial charge in [0.25, 0.3) is 0 Å². The van der Waals surface area contributed by atoms with Crippen molar-refractivity contribution in [2.75, 3.05) is 13.7 Å². The topological polar surface area (TPSA) is 59.9 Å². The fraction of sp³-hybridized carbons (Fsp3) is 0.440. The van der Waals surface area contributed by atoms with Gasteiger partial charge in [0.15, 0.2) is 0 Å². The molecule has 0 spiro atoms. The first-order valence-electron chi connectivity index (χ1n) is 10.5. The van der Waals surface area contributed by atoms with Crippen LogP contribution in [0.3, 0.4) is 0 Å². The molecular weight excluding hydrogens is 376 g/mol. The number of hydrogen-bond acceptors (Lipinski definition) is 4. The van der Waals surface area contributed by atoms with Crippen LogP contribution in [0.2, 0.25) is 0 Å². The minimum absolute atomic E-state index is 0.0380. The smallest absolute Gasteiger partial charge is 0.221 e. The lowest BCUT2D eigenvalue weighted by atomic mass is 9.88. The van der Waals surface area contributed by atoms with Gasteiger partial charge in [-0.15, -0.1) is 0 Å². The Labute approximate surface area is 179 Å². The number of amides is 1. The van der Waals surface area contributed by atoms with E-state index in [1.807, 2.05) is 56.3 Å². The molecule has 30 heavy (non-hydrogen) atoms. The molecule has 0 aliphatic carbocycles. The summed E-state index contributed by atoms with van der Waals surface area (Å²) in [6.45, 7) is 8.72. The van der Waals surface area contributed by atoms with Gasteiger partial charge in [0.2, 0.25) is 11.8 Å². The van der Waals surface area contributed by atoms with E-state index in [1.54, 1.807) is 7.11 Å². The number of nitrogens with zero attached hydrogens (tertiary/aromatic N) is 1. The summed E-state index contributed by atoms with van der Waals surface area (Å²) in [4.78, 5) is 17.8. The van der Waals surface area contributed by atoms with Crippen LogP contribution in [0.1, 0.15) is 51.2 Å². The largest absolute Gasteiger partial charge is 0.497 e. The van der Waals surface area contributed by atoms with Gasteiger partial charge in [-0.2, -0.15) is 0 Å². The molecule has 0 radical (unpaired) electrons. The van der Waals surface area contributed by atoms with Gasteiger partial charge in [-0.25, -0.2) is 4.99 Å². The number of hydrogen-bond donors (Lipinski definition) is 1. The zero-order chi connectivity index (χ0) is 21.7. The molecule has 5 nitrogen and oxygen atoms in total. The van der Waals surface area contributed by atoms with Gasteiger partial charge >= 0.3 is 0 Å². The van der Waals surface area contributed by atoms with E-state index in [0.717, 1.165) is 16.9 Å². The van der Waals surface area contributed by atoms with Crippen LogP contribution in [-0.4, -0.2) is 37.1 Å². The lowest BCUT2D eigenvalue weighted by molar-refractivity contribution is -0.122. The molecule has 1 aliphatic heterocycles. The summed E-state index contributed by atoms with van der Waals surface area (Å²) in [6.07, 6.45) is 0.334. The van der Waals surface area contributed by atoms with Crippen molar-refractivity contribution < 1.29 is 14.3 Å². The van der Waals surface area contributed by atoms with Crippen molar-refractivity contribution in [3.63, 3.8) is 0 Å². The third-order valence-electron chi connectivity index (χ3n) is 5.54. The van der Waals surface area contributed by atoms with Crippen molar-refractivity contribution in [1.29, 1.82) is 0 Å². The fourth-order valence-corrected chi connectivity index (χ4v) is 3.66. The minimum atomic E-state index is -0.651. The third kappa shape index (κ3) is 5.21. The van der Waals surface area contributed by atoms with E-state index in [2.05, 4.69) is 31.3 Å². The molecule has 1 N–H and O–H groups in total. The lowest BCUT2D eigenvalue weighted by Crippen LogP contribution is -2.50. The van der Waals surface area contributed by atoms with Gasteiger partial charge in [0.1, 0.15) is 17.9 Å². The van der Waals surface area contributed by atoms with Gasteiger partial charge in [0, 0.05) is 12.3 Å². The first-order chi connectivity index (χ1) is 14.3. The summed E-state index contributed by atoms with van der Waals surface area (Å²) < 4.78 is 11.1. The second-order valence-corrected chi connectivity index (χ2v) is 8.67. The number of carbonyl (C=O) groups is 1. The number of methoxy groups -OCH3 is 1. The molecule has 2 aromatic carbocycles. The highest BCUT2D eigenvalue weighted by Gasteiger charge is 2.35. The van der Waals surface area contributed by atoms with Crippen molar-refractivity contribution in [3.05, 3.63) is 65.7 Å². The van der Waals surface area contributed by atoms with Gasteiger partial charge in [-0.05, 0) is 43.0 Å². The molecule has 0 fully saturated rings. The molecule has 160 valence electrons. The Kier molecular flexibility index (Phi) is 6.80. The van der Waals surface area contributed by atoms with E-state index in [1.165, 1.54) is 0 Å². The van der Waals surface area contributed by atoms with Crippen LogP contribution in [0, 0.1) is 5.92 Å².